The number of hydrogen-bond donors (Lipinski definition) is 0. The first-order chi connectivity index (χ1) is 3.00. The van der Waals surface area contributed by atoms with Crippen molar-refractivity contribution in [3.63, 3.8) is 0 Å². The van der Waals surface area contributed by atoms with Crippen LogP contribution in [0.5, 0.6) is 0 Å². The van der Waals surface area contributed by atoms with Gasteiger partial charge in [0.05, 0.1) is 0 Å². The number of rotatable bonds is 0. The van der Waals surface area contributed by atoms with Gasteiger partial charge in [-0.1, -0.05) is 36.4 Å². The van der Waals surface area contributed by atoms with Crippen LogP contribution in [-0.2, 0) is 44.8 Å². The zero-order valence-electron chi connectivity index (χ0n) is 4.07. The molecule has 50 valence electrons. The summed E-state index contributed by atoms with van der Waals surface area (Å²) < 4.78 is 0. The van der Waals surface area contributed by atoms with E-state index in [0.717, 1.165) is 0 Å². The van der Waals surface area contributed by atoms with Gasteiger partial charge in [-0.2, -0.15) is 0 Å². The van der Waals surface area contributed by atoms with Crippen LogP contribution >= 0.6 is 0 Å². The molecule has 0 spiro atoms. The van der Waals surface area contributed by atoms with E-state index in [1.165, 1.54) is 0 Å². The summed E-state index contributed by atoms with van der Waals surface area (Å²) in [7, 11) is 0. The average molecular weight is 472 g/mol. The summed E-state index contributed by atoms with van der Waals surface area (Å²) >= 11 is 0. The van der Waals surface area contributed by atoms with Crippen LogP contribution in [0.25, 0.3) is 0 Å². The molecule has 8 heavy (non-hydrogen) atoms. The van der Waals surface area contributed by atoms with Gasteiger partial charge < -0.3 is 0 Å². The molecule has 0 fully saturated rings. The van der Waals surface area contributed by atoms with Gasteiger partial charge in [-0.05, 0) is 0 Å². The third kappa shape index (κ3) is 4.85. The fourth-order valence-electron chi connectivity index (χ4n) is 0.385. The van der Waals surface area contributed by atoms with Crippen LogP contribution in [0.1, 0.15) is 0 Å². The van der Waals surface area contributed by atoms with E-state index in [4.69, 9.17) is 0 Å². The maximum absolute atomic E-state index is 2.00. The van der Waals surface area contributed by atoms with E-state index >= 15 is 0 Å². The molecule has 0 saturated heterocycles. The second-order valence-electron chi connectivity index (χ2n) is 1.15. The molecule has 1 aromatic rings. The van der Waals surface area contributed by atoms with E-state index < -0.39 is 0 Å². The molecule has 0 N–H and O–H groups in total. The molecule has 1 rings (SSSR count). The molecule has 0 heterocycles. The monoisotopic (exact) mass is 472 g/mol. The van der Waals surface area contributed by atoms with E-state index in [-0.39, 0.29) is 44.8 Å². The fourth-order valence-corrected chi connectivity index (χ4v) is 0.385. The molecule has 0 aliphatic carbocycles. The zero-order valence-corrected chi connectivity index (χ0v) is 8.40. The SMILES string of the molecule is [Au+].[Au+].c1ccccc1. The summed E-state index contributed by atoms with van der Waals surface area (Å²) in [6.07, 6.45) is 0. The van der Waals surface area contributed by atoms with Crippen molar-refractivity contribution in [2.75, 3.05) is 0 Å². The van der Waals surface area contributed by atoms with Crippen molar-refractivity contribution >= 4 is 0 Å². The molecule has 0 unspecified atom stereocenters. The molecule has 0 nitrogen and oxygen atoms in total. The molecule has 0 bridgehead atoms. The van der Waals surface area contributed by atoms with Gasteiger partial charge in [0, 0.05) is 0 Å². The number of hydrogen-bond acceptors (Lipinski definition) is 0. The fraction of sp³-hybridized carbons (Fsp3) is 0. The second kappa shape index (κ2) is 7.70. The Morgan fingerprint density at radius 2 is 0.500 bits per heavy atom. The molecule has 0 atom stereocenters. The van der Waals surface area contributed by atoms with Crippen molar-refractivity contribution in [3.8, 4) is 0 Å². The molecule has 0 radical (unpaired) electrons. The Hall–Kier alpha value is 0.701. The van der Waals surface area contributed by atoms with E-state index in [1.807, 2.05) is 36.4 Å². The third-order valence-electron chi connectivity index (χ3n) is 0.667. The van der Waals surface area contributed by atoms with E-state index in [9.17, 15) is 0 Å². The Bertz CT molecular complexity index is 78.5. The van der Waals surface area contributed by atoms with Gasteiger partial charge in [0.25, 0.3) is 0 Å². The summed E-state index contributed by atoms with van der Waals surface area (Å²) in [5.41, 5.74) is 0. The predicted molar refractivity (Wildman–Crippen MR) is 26.4 cm³/mol. The summed E-state index contributed by atoms with van der Waals surface area (Å²) in [6.45, 7) is 0. The Morgan fingerprint density at radius 3 is 0.625 bits per heavy atom. The van der Waals surface area contributed by atoms with Crippen LogP contribution in [-0.4, -0.2) is 0 Å². The Balaban J connectivity index is 0. The average Bonchev–Trinajstić information content (AvgIpc) is 1.72. The predicted octanol–water partition coefficient (Wildman–Crippen LogP) is 1.68. The Labute approximate surface area is 80.7 Å². The number of benzene rings is 1. The quantitative estimate of drug-likeness (QED) is 0.505. The first-order valence-corrected chi connectivity index (χ1v) is 2.00. The van der Waals surface area contributed by atoms with Gasteiger partial charge in [0.1, 0.15) is 0 Å². The second-order valence-corrected chi connectivity index (χ2v) is 1.15. The van der Waals surface area contributed by atoms with Crippen molar-refractivity contribution in [3.05, 3.63) is 36.4 Å². The molecule has 1 aromatic carbocycles. The van der Waals surface area contributed by atoms with Crippen LogP contribution in [0.15, 0.2) is 36.4 Å². The minimum absolute atomic E-state index is 0. The Morgan fingerprint density at radius 1 is 0.375 bits per heavy atom. The van der Waals surface area contributed by atoms with Crippen LogP contribution < -0.4 is 0 Å². The standard InChI is InChI=1S/C6H6.2Au/c1-2-4-6-5-3-1;;/h1-6H;;/q;2*+1. The third-order valence-corrected chi connectivity index (χ3v) is 0.667. The van der Waals surface area contributed by atoms with Crippen molar-refractivity contribution in [2.45, 2.75) is 0 Å². The summed E-state index contributed by atoms with van der Waals surface area (Å²) in [5.74, 6) is 0. The van der Waals surface area contributed by atoms with Crippen LogP contribution in [0, 0.1) is 0 Å². The minimum atomic E-state index is 0. The first-order valence-electron chi connectivity index (χ1n) is 2.00. The molecular weight excluding hydrogens is 466 g/mol. The van der Waals surface area contributed by atoms with Gasteiger partial charge >= 0.3 is 44.8 Å². The van der Waals surface area contributed by atoms with Gasteiger partial charge in [0.2, 0.25) is 0 Å². The summed E-state index contributed by atoms with van der Waals surface area (Å²) in [6, 6.07) is 12.0. The topological polar surface area (TPSA) is 0 Å². The summed E-state index contributed by atoms with van der Waals surface area (Å²) in [5, 5.41) is 0. The van der Waals surface area contributed by atoms with Gasteiger partial charge in [-0.3, -0.25) is 0 Å². The van der Waals surface area contributed by atoms with Crippen molar-refractivity contribution < 1.29 is 44.8 Å². The van der Waals surface area contributed by atoms with Crippen LogP contribution in [0.3, 0.4) is 0 Å². The van der Waals surface area contributed by atoms with Crippen LogP contribution in [0.4, 0.5) is 0 Å². The Kier molecular flexibility index (Phi) is 11.1. The van der Waals surface area contributed by atoms with Gasteiger partial charge in [-0.25, -0.2) is 0 Å². The molecule has 0 aliphatic heterocycles. The van der Waals surface area contributed by atoms with Crippen molar-refractivity contribution in [1.29, 1.82) is 0 Å². The maximum atomic E-state index is 2.00. The first kappa shape index (κ1) is 11.5. The zero-order chi connectivity index (χ0) is 4.24. The molecule has 0 aromatic heterocycles. The van der Waals surface area contributed by atoms with E-state index in [2.05, 4.69) is 0 Å². The largest absolute Gasteiger partial charge is 1.00 e. The normalized spacial score (nSPS) is 6.00. The molecule has 0 amide bonds. The molecule has 0 saturated carbocycles. The van der Waals surface area contributed by atoms with E-state index in [0.29, 0.717) is 0 Å². The minimum Gasteiger partial charge on any atom is -0.0623 e. The van der Waals surface area contributed by atoms with E-state index in [1.54, 1.807) is 0 Å². The molecule has 2 heteroatoms. The molecular formula is C6H6Au2+2. The molecule has 0 aliphatic rings. The van der Waals surface area contributed by atoms with Crippen molar-refractivity contribution in [2.24, 2.45) is 0 Å². The summed E-state index contributed by atoms with van der Waals surface area (Å²) in [4.78, 5) is 0. The maximum Gasteiger partial charge on any atom is 1.00 e. The van der Waals surface area contributed by atoms with Crippen molar-refractivity contribution in [1.82, 2.24) is 0 Å². The van der Waals surface area contributed by atoms with Gasteiger partial charge in [-0.15, -0.1) is 0 Å². The smallest absolute Gasteiger partial charge is 0.0623 e. The van der Waals surface area contributed by atoms with Gasteiger partial charge in [0.15, 0.2) is 0 Å². The van der Waals surface area contributed by atoms with Crippen LogP contribution in [0.2, 0.25) is 0 Å².